The van der Waals surface area contributed by atoms with E-state index in [1.165, 1.54) is 0 Å². The van der Waals surface area contributed by atoms with Gasteiger partial charge >= 0.3 is 92.0 Å². The summed E-state index contributed by atoms with van der Waals surface area (Å²) < 4.78 is 51.2. The van der Waals surface area contributed by atoms with Gasteiger partial charge in [-0.15, -0.1) is 0 Å². The van der Waals surface area contributed by atoms with Gasteiger partial charge in [0.05, 0.1) is 0 Å². The number of hydrogen-bond acceptors (Lipinski definition) is 0. The van der Waals surface area contributed by atoms with Crippen molar-refractivity contribution in [1.82, 2.24) is 0 Å². The van der Waals surface area contributed by atoms with Crippen LogP contribution in [0.3, 0.4) is 0 Å². The van der Waals surface area contributed by atoms with Gasteiger partial charge in [-0.1, -0.05) is 0 Å². The predicted molar refractivity (Wildman–Crippen MR) is 51.4 cm³/mol. The SMILES string of the molecule is CC(C)(C)[As]c1cc(F)c(F)c(F)c1F. The second-order valence-corrected chi connectivity index (χ2v) is 8.40. The molecule has 0 bridgehead atoms. The number of benzene rings is 1. The van der Waals surface area contributed by atoms with E-state index in [1.54, 1.807) is 0 Å². The van der Waals surface area contributed by atoms with E-state index in [-0.39, 0.29) is 8.55 Å². The Hall–Kier alpha value is -0.502. The molecule has 0 aliphatic rings. The number of halogens is 4. The van der Waals surface area contributed by atoms with Gasteiger partial charge < -0.3 is 0 Å². The molecule has 0 nitrogen and oxygen atoms in total. The van der Waals surface area contributed by atoms with Gasteiger partial charge in [0.25, 0.3) is 0 Å². The Morgan fingerprint density at radius 2 is 1.47 bits per heavy atom. The van der Waals surface area contributed by atoms with Crippen molar-refractivity contribution >= 4 is 20.1 Å². The molecule has 0 N–H and O–H groups in total. The van der Waals surface area contributed by atoms with Crippen LogP contribution < -0.4 is 4.35 Å². The average molecular weight is 281 g/mol. The van der Waals surface area contributed by atoms with E-state index < -0.39 is 39.0 Å². The van der Waals surface area contributed by atoms with Crippen LogP contribution in [0.4, 0.5) is 17.6 Å². The molecule has 0 amide bonds. The van der Waals surface area contributed by atoms with Crippen LogP contribution in [-0.4, -0.2) is 15.8 Å². The molecule has 0 spiro atoms. The summed E-state index contributed by atoms with van der Waals surface area (Å²) >= 11 is -0.751. The minimum atomic E-state index is -1.74. The van der Waals surface area contributed by atoms with Gasteiger partial charge in [0.15, 0.2) is 0 Å². The summed E-state index contributed by atoms with van der Waals surface area (Å²) in [5.74, 6) is -6.05. The van der Waals surface area contributed by atoms with Gasteiger partial charge in [-0.2, -0.15) is 0 Å². The standard InChI is InChI=1S/C10H10AsF4/c1-10(2,3)11-5-4-6(12)8(14)9(15)7(5)13/h4H,1-3H3. The first-order chi connectivity index (χ1) is 6.72. The third-order valence-electron chi connectivity index (χ3n) is 1.54. The first-order valence-electron chi connectivity index (χ1n) is 4.28. The average Bonchev–Trinajstić information content (AvgIpc) is 2.08. The zero-order chi connectivity index (χ0) is 11.8. The Kier molecular flexibility index (Phi) is 3.49. The molecule has 1 rings (SSSR count). The molecule has 0 saturated carbocycles. The Balaban J connectivity index is 3.21. The Morgan fingerprint density at radius 3 is 1.93 bits per heavy atom. The molecular formula is C10H10AsF4. The molecule has 0 atom stereocenters. The van der Waals surface area contributed by atoms with Crippen LogP contribution in [0.1, 0.15) is 20.8 Å². The molecule has 0 saturated heterocycles. The predicted octanol–water partition coefficient (Wildman–Crippen LogP) is 2.79. The minimum absolute atomic E-state index is 0.0462. The van der Waals surface area contributed by atoms with Crippen LogP contribution in [-0.2, 0) is 0 Å². The van der Waals surface area contributed by atoms with Gasteiger partial charge in [0.1, 0.15) is 0 Å². The Bertz CT molecular complexity index is 382. The monoisotopic (exact) mass is 281 g/mol. The summed E-state index contributed by atoms with van der Waals surface area (Å²) in [6.07, 6.45) is 0. The van der Waals surface area contributed by atoms with E-state index in [2.05, 4.69) is 0 Å². The molecule has 1 aromatic rings. The fourth-order valence-corrected chi connectivity index (χ4v) is 3.30. The third-order valence-corrected chi connectivity index (χ3v) is 4.13. The maximum absolute atomic E-state index is 13.2. The number of rotatable bonds is 1. The zero-order valence-corrected chi connectivity index (χ0v) is 10.4. The van der Waals surface area contributed by atoms with Crippen LogP contribution in [0.5, 0.6) is 0 Å². The van der Waals surface area contributed by atoms with Crippen molar-refractivity contribution in [2.24, 2.45) is 0 Å². The van der Waals surface area contributed by atoms with E-state index in [4.69, 9.17) is 0 Å². The molecule has 0 aromatic heterocycles. The summed E-state index contributed by atoms with van der Waals surface area (Å²) in [6, 6.07) is 0.749. The Labute approximate surface area is 92.4 Å². The van der Waals surface area contributed by atoms with Crippen LogP contribution in [0, 0.1) is 23.3 Å². The van der Waals surface area contributed by atoms with Crippen LogP contribution >= 0.6 is 0 Å². The van der Waals surface area contributed by atoms with Crippen molar-refractivity contribution in [2.45, 2.75) is 25.0 Å². The first-order valence-corrected chi connectivity index (χ1v) is 6.16. The zero-order valence-electron chi connectivity index (χ0n) is 8.54. The van der Waals surface area contributed by atoms with Crippen LogP contribution in [0.15, 0.2) is 6.07 Å². The molecule has 0 fully saturated rings. The quantitative estimate of drug-likeness (QED) is 0.321. The molecule has 0 unspecified atom stereocenters. The fourth-order valence-electron chi connectivity index (χ4n) is 1.00. The van der Waals surface area contributed by atoms with Crippen molar-refractivity contribution in [1.29, 1.82) is 0 Å². The van der Waals surface area contributed by atoms with E-state index in [0.29, 0.717) is 0 Å². The van der Waals surface area contributed by atoms with E-state index in [9.17, 15) is 17.6 Å². The summed E-state index contributed by atoms with van der Waals surface area (Å²) in [6.45, 7) is 5.52. The normalized spacial score (nSPS) is 12.7. The van der Waals surface area contributed by atoms with Crippen molar-refractivity contribution < 1.29 is 17.6 Å². The molecular weight excluding hydrogens is 271 g/mol. The first kappa shape index (κ1) is 12.6. The van der Waals surface area contributed by atoms with Crippen molar-refractivity contribution in [3.8, 4) is 0 Å². The van der Waals surface area contributed by atoms with Crippen molar-refractivity contribution in [2.75, 3.05) is 0 Å². The third kappa shape index (κ3) is 2.97. The van der Waals surface area contributed by atoms with Gasteiger partial charge in [-0.05, 0) is 0 Å². The molecule has 0 aliphatic carbocycles. The molecule has 5 heteroatoms. The topological polar surface area (TPSA) is 0 Å². The van der Waals surface area contributed by atoms with E-state index in [0.717, 1.165) is 6.07 Å². The molecule has 1 aromatic carbocycles. The van der Waals surface area contributed by atoms with Crippen LogP contribution in [0.25, 0.3) is 0 Å². The van der Waals surface area contributed by atoms with E-state index >= 15 is 0 Å². The van der Waals surface area contributed by atoms with Gasteiger partial charge in [0, 0.05) is 0 Å². The molecule has 0 aliphatic heterocycles. The Morgan fingerprint density at radius 1 is 0.933 bits per heavy atom. The summed E-state index contributed by atoms with van der Waals surface area (Å²) in [7, 11) is 0. The fraction of sp³-hybridized carbons (Fsp3) is 0.400. The van der Waals surface area contributed by atoms with Gasteiger partial charge in [-0.3, -0.25) is 0 Å². The summed E-state index contributed by atoms with van der Waals surface area (Å²) in [4.78, 5) is 0. The second kappa shape index (κ2) is 4.17. The molecule has 0 heterocycles. The van der Waals surface area contributed by atoms with Crippen molar-refractivity contribution in [3.63, 3.8) is 0 Å². The second-order valence-electron chi connectivity index (χ2n) is 4.10. The van der Waals surface area contributed by atoms with Crippen molar-refractivity contribution in [3.05, 3.63) is 29.3 Å². The maximum atomic E-state index is 13.2. The molecule has 15 heavy (non-hydrogen) atoms. The summed E-state index contributed by atoms with van der Waals surface area (Å²) in [5.41, 5.74) is 0. The molecule has 83 valence electrons. The molecule has 1 radical (unpaired) electrons. The van der Waals surface area contributed by atoms with E-state index in [1.807, 2.05) is 20.8 Å². The summed E-state index contributed by atoms with van der Waals surface area (Å²) in [5, 5.41) is 0. The van der Waals surface area contributed by atoms with Gasteiger partial charge in [-0.25, -0.2) is 0 Å². The van der Waals surface area contributed by atoms with Gasteiger partial charge in [0.2, 0.25) is 0 Å². The number of hydrogen-bond donors (Lipinski definition) is 0. The van der Waals surface area contributed by atoms with Crippen LogP contribution in [0.2, 0.25) is 4.20 Å².